The summed E-state index contributed by atoms with van der Waals surface area (Å²) in [6.45, 7) is 4.46. The summed E-state index contributed by atoms with van der Waals surface area (Å²) in [6, 6.07) is 48.5. The number of aromatic hydroxyl groups is 2. The van der Waals surface area contributed by atoms with E-state index < -0.39 is 23.5 Å². The van der Waals surface area contributed by atoms with Crippen LogP contribution in [0.5, 0.6) is 11.5 Å². The zero-order valence-electron chi connectivity index (χ0n) is 25.6. The van der Waals surface area contributed by atoms with E-state index in [0.717, 1.165) is 55.6 Å². The third-order valence-electron chi connectivity index (χ3n) is 8.03. The molecule has 0 bridgehead atoms. The summed E-state index contributed by atoms with van der Waals surface area (Å²) in [7, 11) is -1.16. The van der Waals surface area contributed by atoms with Crippen molar-refractivity contribution < 1.29 is 24.3 Å². The topological polar surface area (TPSA) is 90.2 Å². The van der Waals surface area contributed by atoms with Gasteiger partial charge in [-0.3, -0.25) is 4.31 Å². The zero-order chi connectivity index (χ0) is 32.5. The van der Waals surface area contributed by atoms with Crippen LogP contribution >= 0.6 is 18.1 Å². The van der Waals surface area contributed by atoms with Crippen LogP contribution in [0.3, 0.4) is 0 Å². The van der Waals surface area contributed by atoms with Crippen LogP contribution in [0.1, 0.15) is 25.0 Å². The molecule has 46 heavy (non-hydrogen) atoms. The largest absolute Gasteiger partial charge is 0.508 e. The van der Waals surface area contributed by atoms with Crippen molar-refractivity contribution in [2.75, 3.05) is 0 Å². The Bertz CT molecular complexity index is 1740. The molecule has 0 aliphatic carbocycles. The van der Waals surface area contributed by atoms with Gasteiger partial charge in [-0.1, -0.05) is 147 Å². The summed E-state index contributed by atoms with van der Waals surface area (Å²) < 4.78 is 4.00. The Labute approximate surface area is 273 Å². The molecule has 0 spiro atoms. The van der Waals surface area contributed by atoms with E-state index in [-0.39, 0.29) is 11.5 Å². The van der Waals surface area contributed by atoms with E-state index in [0.29, 0.717) is 0 Å². The van der Waals surface area contributed by atoms with Gasteiger partial charge in [-0.25, -0.2) is 0 Å². The number of phenols is 2. The van der Waals surface area contributed by atoms with Crippen molar-refractivity contribution >= 4 is 18.1 Å². The second kappa shape index (κ2) is 15.3. The Balaban J connectivity index is 0.000000775. The van der Waals surface area contributed by atoms with Crippen molar-refractivity contribution in [1.82, 2.24) is 0 Å². The molecule has 7 heteroatoms. The first kappa shape index (κ1) is 33.0. The average molecular weight is 647 g/mol. The molecular formula is C39H36O5P2. The molecule has 0 fully saturated rings. The Kier molecular flexibility index (Phi) is 11.0. The van der Waals surface area contributed by atoms with Crippen LogP contribution in [0.25, 0.3) is 44.5 Å². The van der Waals surface area contributed by atoms with E-state index in [9.17, 15) is 10.2 Å². The van der Waals surface area contributed by atoms with E-state index in [1.807, 2.05) is 84.9 Å². The predicted molar refractivity (Wildman–Crippen MR) is 192 cm³/mol. The van der Waals surface area contributed by atoms with Crippen LogP contribution in [-0.4, -0.2) is 20.0 Å². The minimum Gasteiger partial charge on any atom is -0.508 e. The fourth-order valence-electron chi connectivity index (χ4n) is 5.96. The highest BCUT2D eigenvalue weighted by molar-refractivity contribution is 7.39. The molecule has 6 aromatic rings. The number of hydrogen-bond donors (Lipinski definition) is 4. The summed E-state index contributed by atoms with van der Waals surface area (Å²) in [6.07, 6.45) is 0. The average Bonchev–Trinajstić information content (AvgIpc) is 3.10. The summed E-state index contributed by atoms with van der Waals surface area (Å²) >= 11 is 0. The van der Waals surface area contributed by atoms with Gasteiger partial charge >= 0.3 is 0 Å². The normalized spacial score (nSPS) is 11.6. The molecule has 0 aliphatic rings. The minimum absolute atomic E-state index is 0.233. The molecule has 2 unspecified atom stereocenters. The van der Waals surface area contributed by atoms with Crippen molar-refractivity contribution in [3.63, 3.8) is 0 Å². The number of benzene rings is 6. The van der Waals surface area contributed by atoms with E-state index in [1.54, 1.807) is 12.1 Å². The Hall–Kier alpha value is -4.34. The second-order valence-corrected chi connectivity index (χ2v) is 12.3. The lowest BCUT2D eigenvalue weighted by Gasteiger charge is -2.35. The fraction of sp³-hybridized carbons (Fsp3) is 0.0769. The van der Waals surface area contributed by atoms with Crippen LogP contribution in [-0.2, 0) is 9.73 Å². The molecule has 0 saturated heterocycles. The standard InChI is InChI=1S/C39H32O2.H4O3P2/c1-39(2,31-23-25-32(40)26-24-31)37-33(27-15-7-3-8-16-27)35(29-19-11-5-12-20-29)38(41)36(30-21-13-6-14-22-30)34(37)28-17-9-4-10-18-28;1-4-3-5-2/h3-26,40-41H,1-2H3;1-2,4-5H. The van der Waals surface area contributed by atoms with Gasteiger partial charge in [-0.15, -0.1) is 0 Å². The fourth-order valence-corrected chi connectivity index (χ4v) is 6.13. The highest BCUT2D eigenvalue weighted by Crippen LogP contribution is 2.56. The summed E-state index contributed by atoms with van der Waals surface area (Å²) in [5, 5.41) is 22.6. The number of phenolic OH excluding ortho intramolecular Hbond substituents is 2. The minimum atomic E-state index is -0.580. The maximum atomic E-state index is 12.4. The van der Waals surface area contributed by atoms with Crippen molar-refractivity contribution in [1.29, 1.82) is 0 Å². The SMILES string of the molecule is CC(C)(c1ccc(O)cc1)c1c(-c2ccccc2)c(-c2ccccc2)c(O)c(-c2ccccc2)c1-c1ccccc1.OPOPO. The molecule has 6 aromatic carbocycles. The van der Waals surface area contributed by atoms with Crippen LogP contribution in [0.15, 0.2) is 146 Å². The summed E-state index contributed by atoms with van der Waals surface area (Å²) in [5.41, 5.74) is 9.19. The maximum absolute atomic E-state index is 12.4. The van der Waals surface area contributed by atoms with E-state index >= 15 is 0 Å². The molecule has 5 nitrogen and oxygen atoms in total. The van der Waals surface area contributed by atoms with Crippen LogP contribution in [0, 0.1) is 0 Å². The lowest BCUT2D eigenvalue weighted by atomic mass is 9.68. The molecule has 232 valence electrons. The molecule has 6 rings (SSSR count). The van der Waals surface area contributed by atoms with Crippen LogP contribution in [0.2, 0.25) is 0 Å². The van der Waals surface area contributed by atoms with Crippen molar-refractivity contribution in [3.05, 3.63) is 157 Å². The molecule has 0 aliphatic heterocycles. The first-order valence-electron chi connectivity index (χ1n) is 14.8. The van der Waals surface area contributed by atoms with Gasteiger partial charge in [0.15, 0.2) is 18.1 Å². The highest BCUT2D eigenvalue weighted by Gasteiger charge is 2.35. The van der Waals surface area contributed by atoms with Crippen LogP contribution in [0.4, 0.5) is 0 Å². The van der Waals surface area contributed by atoms with Gasteiger partial charge in [0.1, 0.15) is 11.5 Å². The van der Waals surface area contributed by atoms with Crippen molar-refractivity contribution in [3.8, 4) is 56.0 Å². The molecule has 0 amide bonds. The first-order chi connectivity index (χ1) is 22.4. The van der Waals surface area contributed by atoms with Gasteiger partial charge in [0.25, 0.3) is 0 Å². The Morgan fingerprint density at radius 1 is 0.457 bits per heavy atom. The van der Waals surface area contributed by atoms with Crippen molar-refractivity contribution in [2.24, 2.45) is 0 Å². The summed E-state index contributed by atoms with van der Waals surface area (Å²) in [5.74, 6) is 0.488. The van der Waals surface area contributed by atoms with E-state index in [4.69, 9.17) is 9.79 Å². The van der Waals surface area contributed by atoms with Gasteiger partial charge in [0.05, 0.1) is 0 Å². The molecule has 0 aromatic heterocycles. The molecular weight excluding hydrogens is 610 g/mol. The third kappa shape index (κ3) is 7.06. The quantitative estimate of drug-likeness (QED) is 0.124. The van der Waals surface area contributed by atoms with Gasteiger partial charge in [-0.05, 0) is 56.6 Å². The highest BCUT2D eigenvalue weighted by atomic mass is 31.2. The predicted octanol–water partition coefficient (Wildman–Crippen LogP) is 10.1. The summed E-state index contributed by atoms with van der Waals surface area (Å²) in [4.78, 5) is 15.4. The maximum Gasteiger partial charge on any atom is 0.158 e. The molecule has 0 heterocycles. The Morgan fingerprint density at radius 3 is 1.09 bits per heavy atom. The van der Waals surface area contributed by atoms with Gasteiger partial charge < -0.3 is 20.0 Å². The zero-order valence-corrected chi connectivity index (χ0v) is 27.6. The molecule has 0 radical (unpaired) electrons. The number of rotatable bonds is 8. The molecule has 0 saturated carbocycles. The Morgan fingerprint density at radius 2 is 0.783 bits per heavy atom. The first-order valence-corrected chi connectivity index (χ1v) is 16.5. The van der Waals surface area contributed by atoms with E-state index in [2.05, 4.69) is 66.7 Å². The number of hydrogen-bond acceptors (Lipinski definition) is 5. The van der Waals surface area contributed by atoms with Gasteiger partial charge in [-0.2, -0.15) is 0 Å². The van der Waals surface area contributed by atoms with Crippen LogP contribution < -0.4 is 0 Å². The lowest BCUT2D eigenvalue weighted by molar-refractivity contribution is 0.474. The monoisotopic (exact) mass is 646 g/mol. The molecule has 4 N–H and O–H groups in total. The third-order valence-corrected chi connectivity index (χ3v) is 8.76. The second-order valence-electron chi connectivity index (χ2n) is 11.1. The molecule has 2 atom stereocenters. The lowest BCUT2D eigenvalue weighted by Crippen LogP contribution is -2.22. The van der Waals surface area contributed by atoms with E-state index in [1.165, 1.54) is 0 Å². The van der Waals surface area contributed by atoms with Gasteiger partial charge in [0, 0.05) is 16.5 Å². The van der Waals surface area contributed by atoms with Gasteiger partial charge in [0.2, 0.25) is 0 Å². The van der Waals surface area contributed by atoms with Crippen molar-refractivity contribution in [2.45, 2.75) is 19.3 Å². The smallest absolute Gasteiger partial charge is 0.158 e.